The molecule has 0 bridgehead atoms. The van der Waals surface area contributed by atoms with Crippen molar-refractivity contribution in [3.8, 4) is 0 Å². The maximum Gasteiger partial charge on any atom is 0.259 e. The lowest BCUT2D eigenvalue weighted by Gasteiger charge is -2.24. The Bertz CT molecular complexity index is 1140. The number of nitrogens with zero attached hydrogens (tertiary/aromatic N) is 1. The standard InChI is InChI=1S/C23H20N2O3/c26-13-14-10-11-25-17-9-5-4-8-16(17)20(18(25)12-14)21-19(22(27)24-23(21)28)15-6-2-1-3-7-15/h1-9,14,26H,10-13H2,(H,24,27,28). The smallest absolute Gasteiger partial charge is 0.259 e. The number of carbonyl (C=O) groups excluding carboxylic acids is 2. The number of fused-ring (bicyclic) bond motifs is 3. The van der Waals surface area contributed by atoms with E-state index < -0.39 is 0 Å². The molecule has 5 nitrogen and oxygen atoms in total. The monoisotopic (exact) mass is 372 g/mol. The molecule has 140 valence electrons. The largest absolute Gasteiger partial charge is 0.396 e. The van der Waals surface area contributed by atoms with Gasteiger partial charge in [-0.2, -0.15) is 0 Å². The fourth-order valence-corrected chi connectivity index (χ4v) is 4.52. The SMILES string of the molecule is O=C1NC(=O)C(c2c3n(c4ccccc24)CCC(CO)C3)=C1c1ccccc1. The number of hydrogen-bond acceptors (Lipinski definition) is 3. The number of aryl methyl sites for hydroxylation is 1. The second-order valence-electron chi connectivity index (χ2n) is 7.43. The Morgan fingerprint density at radius 3 is 2.46 bits per heavy atom. The molecule has 2 N–H and O–H groups in total. The van der Waals surface area contributed by atoms with Crippen molar-refractivity contribution in [2.24, 2.45) is 5.92 Å². The molecule has 1 aromatic heterocycles. The molecule has 5 heteroatoms. The van der Waals surface area contributed by atoms with Gasteiger partial charge in [-0.15, -0.1) is 0 Å². The van der Waals surface area contributed by atoms with E-state index in [1.165, 1.54) is 0 Å². The van der Waals surface area contributed by atoms with E-state index >= 15 is 0 Å². The molecule has 0 spiro atoms. The third-order valence-electron chi connectivity index (χ3n) is 5.82. The molecule has 28 heavy (non-hydrogen) atoms. The van der Waals surface area contributed by atoms with Crippen LogP contribution in [0.1, 0.15) is 23.2 Å². The number of aliphatic hydroxyl groups is 1. The van der Waals surface area contributed by atoms with E-state index in [0.29, 0.717) is 17.6 Å². The topological polar surface area (TPSA) is 71.3 Å². The number of nitrogens with one attached hydrogen (secondary N) is 1. The van der Waals surface area contributed by atoms with Crippen LogP contribution in [-0.4, -0.2) is 28.1 Å². The highest BCUT2D eigenvalue weighted by molar-refractivity contribution is 6.50. The number of benzene rings is 2. The normalized spacial score (nSPS) is 19.2. The minimum absolute atomic E-state index is 0.122. The van der Waals surface area contributed by atoms with Gasteiger partial charge in [-0.05, 0) is 30.4 Å². The van der Waals surface area contributed by atoms with Gasteiger partial charge >= 0.3 is 0 Å². The van der Waals surface area contributed by atoms with Crippen LogP contribution < -0.4 is 5.32 Å². The van der Waals surface area contributed by atoms with E-state index in [0.717, 1.165) is 40.7 Å². The summed E-state index contributed by atoms with van der Waals surface area (Å²) < 4.78 is 2.24. The molecule has 3 aromatic rings. The van der Waals surface area contributed by atoms with E-state index in [9.17, 15) is 14.7 Å². The van der Waals surface area contributed by atoms with Gasteiger partial charge in [0.2, 0.25) is 0 Å². The number of aliphatic hydroxyl groups excluding tert-OH is 1. The molecular weight excluding hydrogens is 352 g/mol. The first-order valence-electron chi connectivity index (χ1n) is 9.55. The molecule has 2 aliphatic rings. The van der Waals surface area contributed by atoms with E-state index in [1.807, 2.05) is 48.5 Å². The van der Waals surface area contributed by atoms with Gasteiger partial charge in [0.1, 0.15) is 0 Å². The van der Waals surface area contributed by atoms with Crippen LogP contribution in [0.5, 0.6) is 0 Å². The maximum absolute atomic E-state index is 12.9. The third kappa shape index (κ3) is 2.43. The second-order valence-corrected chi connectivity index (χ2v) is 7.43. The maximum atomic E-state index is 12.9. The first kappa shape index (κ1) is 17.0. The molecule has 1 unspecified atom stereocenters. The zero-order valence-corrected chi connectivity index (χ0v) is 15.3. The molecule has 0 saturated heterocycles. The predicted octanol–water partition coefficient (Wildman–Crippen LogP) is 2.76. The molecule has 3 heterocycles. The molecule has 5 rings (SSSR count). The Morgan fingerprint density at radius 2 is 1.68 bits per heavy atom. The van der Waals surface area contributed by atoms with Gasteiger partial charge in [-0.3, -0.25) is 14.9 Å². The zero-order chi connectivity index (χ0) is 19.3. The predicted molar refractivity (Wildman–Crippen MR) is 107 cm³/mol. The van der Waals surface area contributed by atoms with Crippen LogP contribution in [0.15, 0.2) is 54.6 Å². The Hall–Kier alpha value is -3.18. The number of imide groups is 1. The number of rotatable bonds is 3. The molecule has 0 fully saturated rings. The lowest BCUT2D eigenvalue weighted by atomic mass is 9.89. The van der Waals surface area contributed by atoms with Crippen LogP contribution in [0.25, 0.3) is 22.0 Å². The lowest BCUT2D eigenvalue weighted by molar-refractivity contribution is -0.122. The van der Waals surface area contributed by atoms with E-state index in [2.05, 4.69) is 16.0 Å². The highest BCUT2D eigenvalue weighted by Gasteiger charge is 2.36. The summed E-state index contributed by atoms with van der Waals surface area (Å²) in [7, 11) is 0. The van der Waals surface area contributed by atoms with Crippen LogP contribution in [0, 0.1) is 5.92 Å². The summed E-state index contributed by atoms with van der Waals surface area (Å²) in [5.74, 6) is -0.546. The molecular formula is C23H20N2O3. The van der Waals surface area contributed by atoms with Crippen molar-refractivity contribution >= 4 is 33.9 Å². The number of carbonyl (C=O) groups is 2. The summed E-state index contributed by atoms with van der Waals surface area (Å²) in [6.07, 6.45) is 1.59. The Labute approximate surface area is 162 Å². The quantitative estimate of drug-likeness (QED) is 0.695. The molecule has 1 atom stereocenters. The Balaban J connectivity index is 1.84. The van der Waals surface area contributed by atoms with Gasteiger partial charge < -0.3 is 9.67 Å². The lowest BCUT2D eigenvalue weighted by Crippen LogP contribution is -2.24. The summed E-state index contributed by atoms with van der Waals surface area (Å²) in [4.78, 5) is 25.6. The van der Waals surface area contributed by atoms with Crippen molar-refractivity contribution in [1.82, 2.24) is 9.88 Å². The van der Waals surface area contributed by atoms with E-state index in [1.54, 1.807) is 0 Å². The van der Waals surface area contributed by atoms with Crippen molar-refractivity contribution < 1.29 is 14.7 Å². The average Bonchev–Trinajstić information content (AvgIpc) is 3.20. The number of aromatic nitrogens is 1. The van der Waals surface area contributed by atoms with Crippen LogP contribution in [-0.2, 0) is 22.6 Å². The first-order valence-corrected chi connectivity index (χ1v) is 9.55. The zero-order valence-electron chi connectivity index (χ0n) is 15.3. The molecule has 0 radical (unpaired) electrons. The van der Waals surface area contributed by atoms with Gasteiger partial charge in [-0.25, -0.2) is 0 Å². The van der Waals surface area contributed by atoms with Crippen molar-refractivity contribution in [2.75, 3.05) is 6.61 Å². The van der Waals surface area contributed by atoms with Crippen molar-refractivity contribution in [2.45, 2.75) is 19.4 Å². The fraction of sp³-hybridized carbons (Fsp3) is 0.217. The highest BCUT2D eigenvalue weighted by Crippen LogP contribution is 2.41. The van der Waals surface area contributed by atoms with E-state index in [-0.39, 0.29) is 24.3 Å². The third-order valence-corrected chi connectivity index (χ3v) is 5.82. The number of amides is 2. The van der Waals surface area contributed by atoms with Gasteiger partial charge in [0.25, 0.3) is 11.8 Å². The van der Waals surface area contributed by atoms with Crippen molar-refractivity contribution in [3.05, 3.63) is 71.4 Å². The fourth-order valence-electron chi connectivity index (χ4n) is 4.52. The molecule has 0 aliphatic carbocycles. The molecule has 2 aromatic carbocycles. The number of hydrogen-bond donors (Lipinski definition) is 2. The number of para-hydroxylation sites is 1. The Morgan fingerprint density at radius 1 is 0.964 bits per heavy atom. The molecule has 2 aliphatic heterocycles. The summed E-state index contributed by atoms with van der Waals surface area (Å²) in [6, 6.07) is 17.3. The van der Waals surface area contributed by atoms with Crippen LogP contribution in [0.2, 0.25) is 0 Å². The van der Waals surface area contributed by atoms with Gasteiger partial charge in [0, 0.05) is 35.3 Å². The summed E-state index contributed by atoms with van der Waals surface area (Å²) in [5, 5.41) is 13.2. The van der Waals surface area contributed by atoms with E-state index in [4.69, 9.17) is 0 Å². The van der Waals surface area contributed by atoms with Crippen LogP contribution >= 0.6 is 0 Å². The van der Waals surface area contributed by atoms with Gasteiger partial charge in [-0.1, -0.05) is 48.5 Å². The van der Waals surface area contributed by atoms with Gasteiger partial charge in [0.15, 0.2) is 0 Å². The first-order chi connectivity index (χ1) is 13.7. The minimum atomic E-state index is -0.357. The second kappa shape index (κ2) is 6.46. The highest BCUT2D eigenvalue weighted by atomic mass is 16.3. The Kier molecular flexibility index (Phi) is 3.91. The van der Waals surface area contributed by atoms with Crippen LogP contribution in [0.4, 0.5) is 0 Å². The summed E-state index contributed by atoms with van der Waals surface area (Å²) >= 11 is 0. The summed E-state index contributed by atoms with van der Waals surface area (Å²) in [5.41, 5.74) is 4.53. The average molecular weight is 372 g/mol. The molecule has 0 saturated carbocycles. The summed E-state index contributed by atoms with van der Waals surface area (Å²) in [6.45, 7) is 0.918. The molecule has 2 amide bonds. The van der Waals surface area contributed by atoms with Crippen molar-refractivity contribution in [3.63, 3.8) is 0 Å². The van der Waals surface area contributed by atoms with Gasteiger partial charge in [0.05, 0.1) is 11.1 Å². The minimum Gasteiger partial charge on any atom is -0.396 e. The van der Waals surface area contributed by atoms with Crippen LogP contribution in [0.3, 0.4) is 0 Å². The van der Waals surface area contributed by atoms with Crippen molar-refractivity contribution in [1.29, 1.82) is 0 Å².